The van der Waals surface area contributed by atoms with Crippen molar-refractivity contribution in [3.63, 3.8) is 0 Å². The van der Waals surface area contributed by atoms with Crippen LogP contribution in [-0.2, 0) is 0 Å². The molecule has 1 aromatic carbocycles. The van der Waals surface area contributed by atoms with Crippen molar-refractivity contribution < 1.29 is 4.74 Å². The lowest BCUT2D eigenvalue weighted by atomic mass is 9.99. The largest absolute Gasteiger partial charge is 0.488 e. The summed E-state index contributed by atoms with van der Waals surface area (Å²) in [7, 11) is 0. The van der Waals surface area contributed by atoms with Gasteiger partial charge in [0.15, 0.2) is 0 Å². The third-order valence-corrected chi connectivity index (χ3v) is 2.40. The van der Waals surface area contributed by atoms with E-state index in [4.69, 9.17) is 4.74 Å². The van der Waals surface area contributed by atoms with Gasteiger partial charge in [-0.25, -0.2) is 0 Å². The summed E-state index contributed by atoms with van der Waals surface area (Å²) < 4.78 is 5.92. The average molecular weight is 218 g/mol. The SMILES string of the molecule is C=C(C)c1cc(C)c(OC(C)(C)C)cc1C. The van der Waals surface area contributed by atoms with E-state index >= 15 is 0 Å². The van der Waals surface area contributed by atoms with Gasteiger partial charge in [-0.15, -0.1) is 0 Å². The van der Waals surface area contributed by atoms with Gasteiger partial charge in [0.05, 0.1) is 0 Å². The molecule has 0 unspecified atom stereocenters. The molecular weight excluding hydrogens is 196 g/mol. The number of ether oxygens (including phenoxy) is 1. The van der Waals surface area contributed by atoms with Gasteiger partial charge in [0, 0.05) is 0 Å². The van der Waals surface area contributed by atoms with Gasteiger partial charge in [0.2, 0.25) is 0 Å². The van der Waals surface area contributed by atoms with Crippen molar-refractivity contribution in [3.05, 3.63) is 35.4 Å². The Balaban J connectivity index is 3.16. The van der Waals surface area contributed by atoms with E-state index in [-0.39, 0.29) is 5.60 Å². The first-order valence-corrected chi connectivity index (χ1v) is 5.67. The number of benzene rings is 1. The molecule has 0 saturated heterocycles. The summed E-state index contributed by atoms with van der Waals surface area (Å²) in [5, 5.41) is 0. The quantitative estimate of drug-likeness (QED) is 0.709. The molecule has 0 aromatic heterocycles. The first kappa shape index (κ1) is 12.8. The topological polar surface area (TPSA) is 9.23 Å². The Morgan fingerprint density at radius 1 is 1.12 bits per heavy atom. The maximum Gasteiger partial charge on any atom is 0.123 e. The molecule has 1 heteroatoms. The lowest BCUT2D eigenvalue weighted by Gasteiger charge is -2.23. The van der Waals surface area contributed by atoms with Crippen LogP contribution in [0, 0.1) is 13.8 Å². The molecule has 0 aliphatic carbocycles. The minimum Gasteiger partial charge on any atom is -0.488 e. The third kappa shape index (κ3) is 3.13. The van der Waals surface area contributed by atoms with Crippen LogP contribution >= 0.6 is 0 Å². The molecule has 0 aliphatic rings. The minimum atomic E-state index is -0.151. The average Bonchev–Trinajstić information content (AvgIpc) is 2.07. The number of rotatable bonds is 2. The van der Waals surface area contributed by atoms with Crippen LogP contribution in [0.15, 0.2) is 18.7 Å². The summed E-state index contributed by atoms with van der Waals surface area (Å²) in [5.74, 6) is 0.968. The summed E-state index contributed by atoms with van der Waals surface area (Å²) in [6, 6.07) is 4.25. The van der Waals surface area contributed by atoms with Crippen molar-refractivity contribution >= 4 is 5.57 Å². The highest BCUT2D eigenvalue weighted by atomic mass is 16.5. The van der Waals surface area contributed by atoms with Crippen molar-refractivity contribution in [2.24, 2.45) is 0 Å². The molecule has 0 N–H and O–H groups in total. The first-order chi connectivity index (χ1) is 7.20. The molecule has 1 aromatic rings. The van der Waals surface area contributed by atoms with E-state index in [2.05, 4.69) is 53.3 Å². The zero-order valence-electron chi connectivity index (χ0n) is 11.3. The maximum atomic E-state index is 5.92. The van der Waals surface area contributed by atoms with Crippen LogP contribution in [0.1, 0.15) is 44.4 Å². The fraction of sp³-hybridized carbons (Fsp3) is 0.467. The van der Waals surface area contributed by atoms with Crippen LogP contribution in [0.5, 0.6) is 5.75 Å². The summed E-state index contributed by atoms with van der Waals surface area (Å²) in [5.41, 5.74) is 4.56. The van der Waals surface area contributed by atoms with E-state index in [9.17, 15) is 0 Å². The maximum absolute atomic E-state index is 5.92. The van der Waals surface area contributed by atoms with Gasteiger partial charge in [-0.3, -0.25) is 0 Å². The van der Waals surface area contributed by atoms with E-state index in [0.29, 0.717) is 0 Å². The fourth-order valence-electron chi connectivity index (χ4n) is 1.69. The van der Waals surface area contributed by atoms with Crippen molar-refractivity contribution in [1.29, 1.82) is 0 Å². The number of hydrogen-bond donors (Lipinski definition) is 0. The Morgan fingerprint density at radius 2 is 1.69 bits per heavy atom. The second kappa shape index (κ2) is 4.32. The lowest BCUT2D eigenvalue weighted by Crippen LogP contribution is -2.23. The van der Waals surface area contributed by atoms with Gasteiger partial charge in [-0.05, 0) is 70.4 Å². The molecule has 88 valence electrons. The fourth-order valence-corrected chi connectivity index (χ4v) is 1.69. The van der Waals surface area contributed by atoms with Crippen LogP contribution in [0.2, 0.25) is 0 Å². The molecule has 16 heavy (non-hydrogen) atoms. The monoisotopic (exact) mass is 218 g/mol. The summed E-state index contributed by atoms with van der Waals surface area (Å²) >= 11 is 0. The molecule has 0 atom stereocenters. The first-order valence-electron chi connectivity index (χ1n) is 5.67. The smallest absolute Gasteiger partial charge is 0.123 e. The Morgan fingerprint density at radius 3 is 2.12 bits per heavy atom. The molecule has 0 bridgehead atoms. The van der Waals surface area contributed by atoms with Crippen LogP contribution in [-0.4, -0.2) is 5.60 Å². The van der Waals surface area contributed by atoms with E-state index < -0.39 is 0 Å². The molecule has 1 rings (SSSR count). The van der Waals surface area contributed by atoms with Crippen LogP contribution in [0.3, 0.4) is 0 Å². The normalized spacial score (nSPS) is 11.4. The molecular formula is C15H22O. The zero-order chi connectivity index (χ0) is 12.5. The Kier molecular flexibility index (Phi) is 3.47. The molecule has 0 fully saturated rings. The van der Waals surface area contributed by atoms with Gasteiger partial charge in [-0.2, -0.15) is 0 Å². The van der Waals surface area contributed by atoms with Crippen molar-refractivity contribution in [2.45, 2.75) is 47.1 Å². The van der Waals surface area contributed by atoms with E-state index in [1.165, 1.54) is 16.7 Å². The number of hydrogen-bond acceptors (Lipinski definition) is 1. The van der Waals surface area contributed by atoms with E-state index in [0.717, 1.165) is 11.3 Å². The second-order valence-corrected chi connectivity index (χ2v) is 5.43. The molecule has 1 nitrogen and oxygen atoms in total. The number of aryl methyl sites for hydroxylation is 2. The van der Waals surface area contributed by atoms with Gasteiger partial charge < -0.3 is 4.74 Å². The van der Waals surface area contributed by atoms with E-state index in [1.807, 2.05) is 6.92 Å². The van der Waals surface area contributed by atoms with Gasteiger partial charge >= 0.3 is 0 Å². The molecule has 0 saturated carbocycles. The summed E-state index contributed by atoms with van der Waals surface area (Å²) in [6.07, 6.45) is 0. The van der Waals surface area contributed by atoms with Crippen molar-refractivity contribution in [1.82, 2.24) is 0 Å². The van der Waals surface area contributed by atoms with Crippen LogP contribution < -0.4 is 4.74 Å². The van der Waals surface area contributed by atoms with Crippen molar-refractivity contribution in [2.75, 3.05) is 0 Å². The van der Waals surface area contributed by atoms with Gasteiger partial charge in [0.25, 0.3) is 0 Å². The molecule has 0 radical (unpaired) electrons. The highest BCUT2D eigenvalue weighted by Crippen LogP contribution is 2.28. The zero-order valence-corrected chi connectivity index (χ0v) is 11.3. The van der Waals surface area contributed by atoms with Gasteiger partial charge in [-0.1, -0.05) is 12.2 Å². The third-order valence-electron chi connectivity index (χ3n) is 2.40. The molecule has 0 aliphatic heterocycles. The highest BCUT2D eigenvalue weighted by Gasteiger charge is 2.14. The number of allylic oxidation sites excluding steroid dienone is 1. The summed E-state index contributed by atoms with van der Waals surface area (Å²) in [6.45, 7) is 16.4. The van der Waals surface area contributed by atoms with Gasteiger partial charge in [0.1, 0.15) is 11.4 Å². The highest BCUT2D eigenvalue weighted by molar-refractivity contribution is 5.66. The lowest BCUT2D eigenvalue weighted by molar-refractivity contribution is 0.130. The van der Waals surface area contributed by atoms with Crippen LogP contribution in [0.4, 0.5) is 0 Å². The Bertz CT molecular complexity index is 408. The van der Waals surface area contributed by atoms with Crippen LogP contribution in [0.25, 0.3) is 5.57 Å². The Hall–Kier alpha value is -1.24. The standard InChI is InChI=1S/C15H22O/c1-10(2)13-8-12(4)14(9-11(13)3)16-15(5,6)7/h8-9H,1H2,2-7H3. The molecule has 0 amide bonds. The molecule has 0 heterocycles. The minimum absolute atomic E-state index is 0.151. The summed E-state index contributed by atoms with van der Waals surface area (Å²) in [4.78, 5) is 0. The molecule has 0 spiro atoms. The predicted molar refractivity (Wildman–Crippen MR) is 71.0 cm³/mol. The predicted octanol–water partition coefficient (Wildman–Crippen LogP) is 4.51. The van der Waals surface area contributed by atoms with Crippen molar-refractivity contribution in [3.8, 4) is 5.75 Å². The van der Waals surface area contributed by atoms with E-state index in [1.54, 1.807) is 0 Å². The second-order valence-electron chi connectivity index (χ2n) is 5.43. The Labute approximate surface area is 99.1 Å².